The van der Waals surface area contributed by atoms with E-state index in [1.807, 2.05) is 0 Å². The van der Waals surface area contributed by atoms with Crippen LogP contribution in [0.25, 0.3) is 0 Å². The van der Waals surface area contributed by atoms with E-state index >= 15 is 0 Å². The lowest BCUT2D eigenvalue weighted by molar-refractivity contribution is 0.0698. The molecule has 7 heteroatoms. The normalized spacial score (nSPS) is 14.1. The Morgan fingerprint density at radius 2 is 2.00 bits per heavy atom. The van der Waals surface area contributed by atoms with E-state index in [0.29, 0.717) is 8.95 Å². The fraction of sp³-hybridized carbons (Fsp3) is 0.333. The number of hydrogen-bond acceptors (Lipinski definition) is 2. The van der Waals surface area contributed by atoms with Gasteiger partial charge in [0.2, 0.25) is 0 Å². The van der Waals surface area contributed by atoms with Crippen LogP contribution in [0, 0.1) is 0 Å². The maximum absolute atomic E-state index is 12.0. The summed E-state index contributed by atoms with van der Waals surface area (Å²) in [5.74, 6) is -1.09. The Bertz CT molecular complexity index is 544. The molecule has 1 aromatic rings. The van der Waals surface area contributed by atoms with Crippen molar-refractivity contribution < 1.29 is 14.7 Å². The first-order valence-corrected chi connectivity index (χ1v) is 7.25. The summed E-state index contributed by atoms with van der Waals surface area (Å²) in [5, 5.41) is 11.8. The molecule has 0 bridgehead atoms. The van der Waals surface area contributed by atoms with E-state index in [0.717, 1.165) is 12.8 Å². The molecule has 2 rings (SSSR count). The van der Waals surface area contributed by atoms with Crippen molar-refractivity contribution in [3.05, 3.63) is 26.6 Å². The number of carbonyl (C=O) groups is 2. The van der Waals surface area contributed by atoms with Gasteiger partial charge in [-0.1, -0.05) is 15.9 Å². The summed E-state index contributed by atoms with van der Waals surface area (Å²) in [4.78, 5) is 24.8. The van der Waals surface area contributed by atoms with E-state index in [-0.39, 0.29) is 23.3 Å². The number of benzene rings is 1. The fourth-order valence-electron chi connectivity index (χ4n) is 1.69. The summed E-state index contributed by atoms with van der Waals surface area (Å²) in [6.07, 6.45) is 1.99. The van der Waals surface area contributed by atoms with Crippen molar-refractivity contribution in [3.63, 3.8) is 0 Å². The van der Waals surface area contributed by atoms with Crippen molar-refractivity contribution in [2.75, 3.05) is 12.4 Å². The van der Waals surface area contributed by atoms with Crippen molar-refractivity contribution in [2.45, 2.75) is 18.9 Å². The van der Waals surface area contributed by atoms with Crippen LogP contribution in [0.1, 0.15) is 23.2 Å². The van der Waals surface area contributed by atoms with E-state index in [2.05, 4.69) is 37.2 Å². The topological polar surface area (TPSA) is 69.6 Å². The Kier molecular flexibility index (Phi) is 4.15. The van der Waals surface area contributed by atoms with Gasteiger partial charge in [0, 0.05) is 22.0 Å². The minimum absolute atomic E-state index is 0.0406. The van der Waals surface area contributed by atoms with Gasteiger partial charge in [-0.2, -0.15) is 0 Å². The first-order chi connectivity index (χ1) is 8.90. The summed E-state index contributed by atoms with van der Waals surface area (Å²) in [7, 11) is 1.71. The van der Waals surface area contributed by atoms with Crippen LogP contribution in [0.2, 0.25) is 0 Å². The molecule has 19 heavy (non-hydrogen) atoms. The first kappa shape index (κ1) is 14.3. The number of amides is 2. The van der Waals surface area contributed by atoms with Gasteiger partial charge in [-0.25, -0.2) is 9.59 Å². The zero-order valence-corrected chi connectivity index (χ0v) is 13.3. The molecule has 0 saturated heterocycles. The van der Waals surface area contributed by atoms with Crippen molar-refractivity contribution >= 4 is 49.5 Å². The Morgan fingerprint density at radius 1 is 1.37 bits per heavy atom. The Balaban J connectivity index is 2.28. The molecule has 1 aliphatic rings. The number of carboxylic acids is 1. The second kappa shape index (κ2) is 5.50. The van der Waals surface area contributed by atoms with Crippen LogP contribution in [0.4, 0.5) is 10.5 Å². The molecular formula is C12H12Br2N2O3. The van der Waals surface area contributed by atoms with E-state index in [4.69, 9.17) is 0 Å². The Labute approximate surface area is 127 Å². The van der Waals surface area contributed by atoms with Crippen molar-refractivity contribution in [3.8, 4) is 0 Å². The fourth-order valence-corrected chi connectivity index (χ4v) is 3.02. The molecule has 2 N–H and O–H groups in total. The third kappa shape index (κ3) is 3.27. The van der Waals surface area contributed by atoms with Crippen molar-refractivity contribution in [2.24, 2.45) is 0 Å². The molecule has 0 unspecified atom stereocenters. The highest BCUT2D eigenvalue weighted by atomic mass is 79.9. The molecule has 1 aromatic carbocycles. The molecule has 0 aliphatic heterocycles. The highest BCUT2D eigenvalue weighted by Crippen LogP contribution is 2.32. The monoisotopic (exact) mass is 390 g/mol. The van der Waals surface area contributed by atoms with Gasteiger partial charge in [-0.05, 0) is 40.9 Å². The molecule has 1 saturated carbocycles. The second-order valence-electron chi connectivity index (χ2n) is 4.39. The van der Waals surface area contributed by atoms with Gasteiger partial charge >= 0.3 is 12.0 Å². The Morgan fingerprint density at radius 3 is 2.53 bits per heavy atom. The van der Waals surface area contributed by atoms with Gasteiger partial charge in [0.25, 0.3) is 0 Å². The average molecular weight is 392 g/mol. The molecule has 0 heterocycles. The molecular weight excluding hydrogens is 380 g/mol. The maximum atomic E-state index is 12.0. The maximum Gasteiger partial charge on any atom is 0.337 e. The number of rotatable bonds is 3. The van der Waals surface area contributed by atoms with Crippen LogP contribution in [-0.2, 0) is 0 Å². The predicted octanol–water partition coefficient (Wildman–Crippen LogP) is 3.54. The van der Waals surface area contributed by atoms with Gasteiger partial charge in [-0.15, -0.1) is 0 Å². The van der Waals surface area contributed by atoms with Crippen LogP contribution in [0.5, 0.6) is 0 Å². The summed E-state index contributed by atoms with van der Waals surface area (Å²) in [6, 6.07) is 3.12. The summed E-state index contributed by atoms with van der Waals surface area (Å²) in [6.45, 7) is 0. The smallest absolute Gasteiger partial charge is 0.337 e. The van der Waals surface area contributed by atoms with Gasteiger partial charge in [0.1, 0.15) is 0 Å². The average Bonchev–Trinajstić information content (AvgIpc) is 3.14. The van der Waals surface area contributed by atoms with E-state index < -0.39 is 5.97 Å². The summed E-state index contributed by atoms with van der Waals surface area (Å²) in [5.41, 5.74) is 0.312. The zero-order valence-electron chi connectivity index (χ0n) is 10.1. The largest absolute Gasteiger partial charge is 0.478 e. The lowest BCUT2D eigenvalue weighted by atomic mass is 10.2. The first-order valence-electron chi connectivity index (χ1n) is 5.66. The van der Waals surface area contributed by atoms with Gasteiger partial charge < -0.3 is 15.3 Å². The van der Waals surface area contributed by atoms with Crippen LogP contribution >= 0.6 is 31.9 Å². The number of urea groups is 1. The Hall–Kier alpha value is -1.08. The van der Waals surface area contributed by atoms with Crippen LogP contribution in [0.3, 0.4) is 0 Å². The van der Waals surface area contributed by atoms with Gasteiger partial charge in [0.05, 0.1) is 11.3 Å². The highest BCUT2D eigenvalue weighted by molar-refractivity contribution is 9.11. The lowest BCUT2D eigenvalue weighted by Crippen LogP contribution is -2.33. The minimum Gasteiger partial charge on any atom is -0.478 e. The predicted molar refractivity (Wildman–Crippen MR) is 78.6 cm³/mol. The van der Waals surface area contributed by atoms with E-state index in [1.54, 1.807) is 18.0 Å². The molecule has 5 nitrogen and oxygen atoms in total. The third-order valence-electron chi connectivity index (χ3n) is 2.93. The molecule has 2 amide bonds. The van der Waals surface area contributed by atoms with Crippen LogP contribution in [0.15, 0.2) is 21.1 Å². The molecule has 0 atom stereocenters. The zero-order chi connectivity index (χ0) is 14.2. The molecule has 0 aromatic heterocycles. The van der Waals surface area contributed by atoms with E-state index in [9.17, 15) is 14.7 Å². The lowest BCUT2D eigenvalue weighted by Gasteiger charge is -2.19. The van der Waals surface area contributed by atoms with Crippen molar-refractivity contribution in [1.29, 1.82) is 0 Å². The number of hydrogen-bond donors (Lipinski definition) is 2. The number of carbonyl (C=O) groups excluding carboxylic acids is 1. The van der Waals surface area contributed by atoms with Gasteiger partial charge in [-0.3, -0.25) is 0 Å². The number of carboxylic acid groups (broad SMARTS) is 1. The standard InChI is InChI=1S/C12H12Br2N2O3/c1-16(7-2-3-7)12(19)15-10-8(11(17)18)4-6(13)5-9(10)14/h4-5,7H,2-3H2,1H3,(H,15,19)(H,17,18). The molecule has 102 valence electrons. The number of halogens is 2. The molecule has 0 radical (unpaired) electrons. The number of nitrogens with zero attached hydrogens (tertiary/aromatic N) is 1. The van der Waals surface area contributed by atoms with Crippen LogP contribution < -0.4 is 5.32 Å². The number of anilines is 1. The summed E-state index contributed by atoms with van der Waals surface area (Å²) < 4.78 is 1.15. The van der Waals surface area contributed by atoms with Gasteiger partial charge in [0.15, 0.2) is 0 Å². The van der Waals surface area contributed by atoms with Crippen LogP contribution in [-0.4, -0.2) is 35.1 Å². The van der Waals surface area contributed by atoms with E-state index in [1.165, 1.54) is 6.07 Å². The minimum atomic E-state index is -1.09. The highest BCUT2D eigenvalue weighted by Gasteiger charge is 2.30. The molecule has 0 spiro atoms. The number of nitrogens with one attached hydrogen (secondary N) is 1. The van der Waals surface area contributed by atoms with Crippen molar-refractivity contribution in [1.82, 2.24) is 4.90 Å². The molecule has 1 aliphatic carbocycles. The quantitative estimate of drug-likeness (QED) is 0.827. The number of aromatic carboxylic acids is 1. The SMILES string of the molecule is CN(C(=O)Nc1c(Br)cc(Br)cc1C(=O)O)C1CC1. The molecule has 1 fully saturated rings. The second-order valence-corrected chi connectivity index (χ2v) is 6.16. The third-order valence-corrected chi connectivity index (χ3v) is 4.02. The summed E-state index contributed by atoms with van der Waals surface area (Å²) >= 11 is 6.50.